The summed E-state index contributed by atoms with van der Waals surface area (Å²) < 4.78 is 49.0. The van der Waals surface area contributed by atoms with Crippen LogP contribution in [-0.2, 0) is 11.0 Å². The van der Waals surface area contributed by atoms with E-state index >= 15 is 0 Å². The van der Waals surface area contributed by atoms with Crippen molar-refractivity contribution in [1.29, 1.82) is 0 Å². The molecule has 0 unspecified atom stereocenters. The molecular weight excluding hydrogens is 337 g/mol. The van der Waals surface area contributed by atoms with Crippen LogP contribution in [0.1, 0.15) is 5.56 Å². The number of amides is 1. The van der Waals surface area contributed by atoms with Crippen LogP contribution < -0.4 is 20.1 Å². The molecule has 0 aliphatic heterocycles. The first kappa shape index (κ1) is 18.4. The van der Waals surface area contributed by atoms with Gasteiger partial charge in [-0.05, 0) is 24.3 Å². The molecule has 134 valence electrons. The number of anilines is 2. The van der Waals surface area contributed by atoms with Gasteiger partial charge in [-0.3, -0.25) is 4.79 Å². The molecule has 0 aromatic heterocycles. The number of benzene rings is 2. The summed E-state index contributed by atoms with van der Waals surface area (Å²) in [5, 5.41) is 5.08. The fourth-order valence-corrected chi connectivity index (χ4v) is 2.16. The maximum Gasteiger partial charge on any atom is 0.418 e. The van der Waals surface area contributed by atoms with E-state index < -0.39 is 17.6 Å². The van der Waals surface area contributed by atoms with Gasteiger partial charge >= 0.3 is 6.18 Å². The zero-order valence-electron chi connectivity index (χ0n) is 13.6. The number of ether oxygens (including phenoxy) is 2. The molecule has 0 bridgehead atoms. The number of nitrogens with one attached hydrogen (secondary N) is 2. The number of alkyl halides is 3. The van der Waals surface area contributed by atoms with Crippen molar-refractivity contribution >= 4 is 17.3 Å². The van der Waals surface area contributed by atoms with Crippen LogP contribution in [0.5, 0.6) is 11.5 Å². The van der Waals surface area contributed by atoms with Gasteiger partial charge in [-0.15, -0.1) is 0 Å². The van der Waals surface area contributed by atoms with Gasteiger partial charge in [0, 0.05) is 11.8 Å². The van der Waals surface area contributed by atoms with E-state index in [0.29, 0.717) is 17.2 Å². The molecule has 2 rings (SSSR count). The molecule has 1 amide bonds. The second kappa shape index (κ2) is 7.78. The van der Waals surface area contributed by atoms with Crippen LogP contribution in [0.25, 0.3) is 0 Å². The molecule has 0 saturated carbocycles. The third-order valence-corrected chi connectivity index (χ3v) is 3.35. The molecule has 8 heteroatoms. The molecule has 0 aliphatic rings. The average Bonchev–Trinajstić information content (AvgIpc) is 2.59. The number of hydrogen-bond acceptors (Lipinski definition) is 4. The summed E-state index contributed by atoms with van der Waals surface area (Å²) >= 11 is 0. The zero-order valence-corrected chi connectivity index (χ0v) is 13.6. The van der Waals surface area contributed by atoms with E-state index in [0.717, 1.165) is 6.07 Å². The summed E-state index contributed by atoms with van der Waals surface area (Å²) in [5.41, 5.74) is -0.601. The van der Waals surface area contributed by atoms with Crippen LogP contribution in [0.3, 0.4) is 0 Å². The predicted octanol–water partition coefficient (Wildman–Crippen LogP) is 3.77. The molecule has 0 spiro atoms. The van der Waals surface area contributed by atoms with E-state index in [1.165, 1.54) is 32.4 Å². The van der Waals surface area contributed by atoms with E-state index in [1.807, 2.05) is 0 Å². The van der Waals surface area contributed by atoms with Gasteiger partial charge in [0.05, 0.1) is 32.0 Å². The number of carbonyl (C=O) groups excluding carboxylic acids is 1. The maximum absolute atomic E-state index is 12.9. The molecule has 0 radical (unpaired) electrons. The zero-order chi connectivity index (χ0) is 18.4. The average molecular weight is 354 g/mol. The van der Waals surface area contributed by atoms with E-state index in [1.54, 1.807) is 18.2 Å². The lowest BCUT2D eigenvalue weighted by Gasteiger charge is -2.15. The molecular formula is C17H17F3N2O3. The molecule has 0 saturated heterocycles. The summed E-state index contributed by atoms with van der Waals surface area (Å²) in [5.74, 6) is 0.413. The van der Waals surface area contributed by atoms with Crippen LogP contribution in [0.4, 0.5) is 24.5 Å². The fraction of sp³-hybridized carbons (Fsp3) is 0.235. The van der Waals surface area contributed by atoms with Gasteiger partial charge in [0.2, 0.25) is 5.91 Å². The highest BCUT2D eigenvalue weighted by Crippen LogP contribution is 2.34. The lowest BCUT2D eigenvalue weighted by Crippen LogP contribution is -2.23. The molecule has 0 atom stereocenters. The number of rotatable bonds is 6. The van der Waals surface area contributed by atoms with Crippen LogP contribution in [-0.4, -0.2) is 26.7 Å². The van der Waals surface area contributed by atoms with Crippen LogP contribution in [0.2, 0.25) is 0 Å². The summed E-state index contributed by atoms with van der Waals surface area (Å²) in [7, 11) is 2.93. The lowest BCUT2D eigenvalue weighted by molar-refractivity contribution is -0.137. The largest absolute Gasteiger partial charge is 0.497 e. The quantitative estimate of drug-likeness (QED) is 0.829. The summed E-state index contributed by atoms with van der Waals surface area (Å²) in [6, 6.07) is 9.76. The first-order valence-electron chi connectivity index (χ1n) is 7.27. The SMILES string of the molecule is COc1ccc(NC(=O)CNc2ccccc2C(F)(F)F)c(OC)c1. The van der Waals surface area contributed by atoms with Crippen molar-refractivity contribution in [2.45, 2.75) is 6.18 Å². The normalized spacial score (nSPS) is 10.9. The minimum absolute atomic E-state index is 0.160. The second-order valence-corrected chi connectivity index (χ2v) is 5.01. The first-order chi connectivity index (χ1) is 11.8. The van der Waals surface area contributed by atoms with Gasteiger partial charge in [-0.25, -0.2) is 0 Å². The summed E-state index contributed by atoms with van der Waals surface area (Å²) in [6.45, 7) is -0.331. The monoisotopic (exact) mass is 354 g/mol. The van der Waals surface area contributed by atoms with Crippen molar-refractivity contribution in [1.82, 2.24) is 0 Å². The van der Waals surface area contributed by atoms with Gasteiger partial charge in [0.15, 0.2) is 0 Å². The Morgan fingerprint density at radius 1 is 1.04 bits per heavy atom. The van der Waals surface area contributed by atoms with Gasteiger partial charge in [-0.1, -0.05) is 12.1 Å². The molecule has 2 aromatic carbocycles. The summed E-state index contributed by atoms with van der Waals surface area (Å²) in [4.78, 5) is 12.0. The molecule has 25 heavy (non-hydrogen) atoms. The molecule has 5 nitrogen and oxygen atoms in total. The third kappa shape index (κ3) is 4.79. The van der Waals surface area contributed by atoms with Crippen molar-refractivity contribution in [3.63, 3.8) is 0 Å². The van der Waals surface area contributed by atoms with Crippen molar-refractivity contribution in [3.8, 4) is 11.5 Å². The van der Waals surface area contributed by atoms with Gasteiger partial charge < -0.3 is 20.1 Å². The van der Waals surface area contributed by atoms with E-state index in [9.17, 15) is 18.0 Å². The number of para-hydroxylation sites is 1. The smallest absolute Gasteiger partial charge is 0.418 e. The van der Waals surface area contributed by atoms with Crippen molar-refractivity contribution in [3.05, 3.63) is 48.0 Å². The fourth-order valence-electron chi connectivity index (χ4n) is 2.16. The predicted molar refractivity (Wildman–Crippen MR) is 88.1 cm³/mol. The van der Waals surface area contributed by atoms with Crippen molar-refractivity contribution < 1.29 is 27.4 Å². The number of methoxy groups -OCH3 is 2. The van der Waals surface area contributed by atoms with Crippen LogP contribution in [0, 0.1) is 0 Å². The topological polar surface area (TPSA) is 59.6 Å². The number of hydrogen-bond donors (Lipinski definition) is 2. The highest BCUT2D eigenvalue weighted by molar-refractivity contribution is 5.95. The van der Waals surface area contributed by atoms with Gasteiger partial charge in [-0.2, -0.15) is 13.2 Å². The standard InChI is InChI=1S/C17H17F3N2O3/c1-24-11-7-8-14(15(9-11)25-2)22-16(23)10-21-13-6-4-3-5-12(13)17(18,19)20/h3-9,21H,10H2,1-2H3,(H,22,23). The highest BCUT2D eigenvalue weighted by Gasteiger charge is 2.33. The number of halogens is 3. The van der Waals surface area contributed by atoms with Crippen molar-refractivity contribution in [2.75, 3.05) is 31.4 Å². The Kier molecular flexibility index (Phi) is 5.74. The van der Waals surface area contributed by atoms with Gasteiger partial charge in [0.1, 0.15) is 11.5 Å². The third-order valence-electron chi connectivity index (χ3n) is 3.35. The Morgan fingerprint density at radius 3 is 2.40 bits per heavy atom. The van der Waals surface area contributed by atoms with E-state index in [-0.39, 0.29) is 12.2 Å². The molecule has 0 aliphatic carbocycles. The minimum Gasteiger partial charge on any atom is -0.497 e. The Bertz CT molecular complexity index is 748. The Balaban J connectivity index is 2.05. The van der Waals surface area contributed by atoms with E-state index in [2.05, 4.69) is 10.6 Å². The lowest BCUT2D eigenvalue weighted by atomic mass is 10.1. The molecule has 0 fully saturated rings. The Morgan fingerprint density at radius 2 is 1.76 bits per heavy atom. The van der Waals surface area contributed by atoms with Crippen LogP contribution >= 0.6 is 0 Å². The first-order valence-corrected chi connectivity index (χ1v) is 7.27. The summed E-state index contributed by atoms with van der Waals surface area (Å²) in [6.07, 6.45) is -4.50. The Labute approximate surface area is 142 Å². The molecule has 2 N–H and O–H groups in total. The molecule has 0 heterocycles. The maximum atomic E-state index is 12.9. The van der Waals surface area contributed by atoms with Gasteiger partial charge in [0.25, 0.3) is 0 Å². The Hall–Kier alpha value is -2.90. The minimum atomic E-state index is -4.50. The molecule has 2 aromatic rings. The van der Waals surface area contributed by atoms with E-state index in [4.69, 9.17) is 9.47 Å². The second-order valence-electron chi connectivity index (χ2n) is 5.01. The highest BCUT2D eigenvalue weighted by atomic mass is 19.4. The van der Waals surface area contributed by atoms with Crippen molar-refractivity contribution in [2.24, 2.45) is 0 Å². The number of carbonyl (C=O) groups is 1. The van der Waals surface area contributed by atoms with Crippen LogP contribution in [0.15, 0.2) is 42.5 Å².